The Balaban J connectivity index is 2.05. The van der Waals surface area contributed by atoms with Crippen LogP contribution in [0.25, 0.3) is 0 Å². The maximum atomic E-state index is 13.1. The zero-order valence-electron chi connectivity index (χ0n) is 11.0. The van der Waals surface area contributed by atoms with Gasteiger partial charge in [-0.25, -0.2) is 9.18 Å². The molecule has 0 aliphatic rings. The fourth-order valence-corrected chi connectivity index (χ4v) is 1.76. The Bertz CT molecular complexity index is 722. The van der Waals surface area contributed by atoms with Gasteiger partial charge >= 0.3 is 11.7 Å². The molecule has 0 N–H and O–H groups in total. The minimum Gasteiger partial charge on any atom is -0.480 e. The van der Waals surface area contributed by atoms with Crippen LogP contribution < -0.4 is 9.47 Å². The number of nitro benzene ring substituents is 1. The number of halogens is 2. The molecule has 0 fully saturated rings. The average molecular weight is 326 g/mol. The normalized spacial score (nSPS) is 10.1. The average Bonchev–Trinajstić information content (AvgIpc) is 2.46. The summed E-state index contributed by atoms with van der Waals surface area (Å²) in [5, 5.41) is 11.1. The summed E-state index contributed by atoms with van der Waals surface area (Å²) in [4.78, 5) is 21.6. The topological polar surface area (TPSA) is 78.7 Å². The number of rotatable bonds is 5. The van der Waals surface area contributed by atoms with Crippen molar-refractivity contribution < 1.29 is 23.6 Å². The minimum atomic E-state index is -0.923. The van der Waals surface area contributed by atoms with E-state index in [1.807, 2.05) is 0 Å². The first-order valence-corrected chi connectivity index (χ1v) is 6.37. The van der Waals surface area contributed by atoms with Crippen LogP contribution in [-0.4, -0.2) is 17.5 Å². The number of nitrogens with zero attached hydrogens (tertiary/aromatic N) is 1. The number of ether oxygens (including phenoxy) is 2. The highest BCUT2D eigenvalue weighted by molar-refractivity contribution is 6.32. The molecule has 0 atom stereocenters. The molecule has 8 heteroatoms. The Kier molecular flexibility index (Phi) is 4.90. The van der Waals surface area contributed by atoms with E-state index in [-0.39, 0.29) is 5.75 Å². The molecular formula is C14H9ClFNO5. The van der Waals surface area contributed by atoms with Gasteiger partial charge in [-0.3, -0.25) is 10.1 Å². The van der Waals surface area contributed by atoms with Crippen molar-refractivity contribution >= 4 is 23.3 Å². The van der Waals surface area contributed by atoms with Crippen LogP contribution in [0.3, 0.4) is 0 Å². The van der Waals surface area contributed by atoms with E-state index in [0.29, 0.717) is 5.02 Å². The first-order valence-electron chi connectivity index (χ1n) is 5.99. The summed E-state index contributed by atoms with van der Waals surface area (Å²) in [6.07, 6.45) is 0. The van der Waals surface area contributed by atoms with E-state index in [2.05, 4.69) is 0 Å². The molecule has 0 amide bonds. The predicted molar refractivity (Wildman–Crippen MR) is 75.6 cm³/mol. The van der Waals surface area contributed by atoms with Crippen LogP contribution in [0, 0.1) is 15.9 Å². The number of benzene rings is 2. The summed E-state index contributed by atoms with van der Waals surface area (Å²) >= 11 is 5.84. The largest absolute Gasteiger partial charge is 0.480 e. The summed E-state index contributed by atoms with van der Waals surface area (Å²) < 4.78 is 23.0. The Labute approximate surface area is 129 Å². The predicted octanol–water partition coefficient (Wildman–Crippen LogP) is 3.37. The van der Waals surface area contributed by atoms with Crippen molar-refractivity contribution in [2.45, 2.75) is 0 Å². The number of carbonyl (C=O) groups is 1. The molecule has 0 aromatic heterocycles. The van der Waals surface area contributed by atoms with Crippen LogP contribution >= 0.6 is 11.6 Å². The molecule has 0 bridgehead atoms. The van der Waals surface area contributed by atoms with Gasteiger partial charge in [0, 0.05) is 12.1 Å². The van der Waals surface area contributed by atoms with E-state index >= 15 is 0 Å². The maximum Gasteiger partial charge on any atom is 0.349 e. The van der Waals surface area contributed by atoms with E-state index in [4.69, 9.17) is 21.1 Å². The van der Waals surface area contributed by atoms with Gasteiger partial charge < -0.3 is 9.47 Å². The lowest BCUT2D eigenvalue weighted by atomic mass is 10.3. The Morgan fingerprint density at radius 3 is 2.64 bits per heavy atom. The van der Waals surface area contributed by atoms with Gasteiger partial charge in [-0.05, 0) is 18.2 Å². The second-order valence-corrected chi connectivity index (χ2v) is 4.47. The van der Waals surface area contributed by atoms with E-state index in [1.165, 1.54) is 0 Å². The Morgan fingerprint density at radius 2 is 1.95 bits per heavy atom. The van der Waals surface area contributed by atoms with Gasteiger partial charge in [0.15, 0.2) is 6.61 Å². The van der Waals surface area contributed by atoms with E-state index in [9.17, 15) is 19.3 Å². The molecule has 0 radical (unpaired) electrons. The lowest BCUT2D eigenvalue weighted by molar-refractivity contribution is -0.385. The van der Waals surface area contributed by atoms with Crippen LogP contribution in [0.1, 0.15) is 0 Å². The monoisotopic (exact) mass is 325 g/mol. The van der Waals surface area contributed by atoms with Crippen LogP contribution in [-0.2, 0) is 4.79 Å². The van der Waals surface area contributed by atoms with Gasteiger partial charge in [-0.2, -0.15) is 0 Å². The molecule has 0 heterocycles. The highest BCUT2D eigenvalue weighted by Crippen LogP contribution is 2.28. The first-order chi connectivity index (χ1) is 10.5. The van der Waals surface area contributed by atoms with E-state index in [1.54, 1.807) is 24.3 Å². The van der Waals surface area contributed by atoms with Gasteiger partial charge in [0.25, 0.3) is 0 Å². The molecule has 0 aliphatic heterocycles. The summed E-state index contributed by atoms with van der Waals surface area (Å²) in [6, 6.07) is 9.02. The van der Waals surface area contributed by atoms with Crippen molar-refractivity contribution in [2.75, 3.05) is 6.61 Å². The van der Waals surface area contributed by atoms with Crippen molar-refractivity contribution in [1.29, 1.82) is 0 Å². The van der Waals surface area contributed by atoms with Crippen LogP contribution in [0.5, 0.6) is 11.5 Å². The second-order valence-electron chi connectivity index (χ2n) is 4.06. The fraction of sp³-hybridized carbons (Fsp3) is 0.0714. The molecule has 0 spiro atoms. The van der Waals surface area contributed by atoms with Crippen molar-refractivity contribution in [2.24, 2.45) is 0 Å². The van der Waals surface area contributed by atoms with Gasteiger partial charge in [0.1, 0.15) is 11.6 Å². The zero-order chi connectivity index (χ0) is 16.1. The van der Waals surface area contributed by atoms with Gasteiger partial charge in [0.05, 0.1) is 9.95 Å². The van der Waals surface area contributed by atoms with Crippen LogP contribution in [0.15, 0.2) is 42.5 Å². The summed E-state index contributed by atoms with van der Waals surface area (Å²) in [5.41, 5.74) is -0.521. The van der Waals surface area contributed by atoms with E-state index < -0.39 is 34.8 Å². The molecule has 2 aromatic rings. The lowest BCUT2D eigenvalue weighted by Gasteiger charge is -2.08. The molecule has 0 saturated carbocycles. The van der Waals surface area contributed by atoms with Crippen LogP contribution in [0.2, 0.25) is 5.02 Å². The molecule has 2 rings (SSSR count). The number of esters is 1. The summed E-state index contributed by atoms with van der Waals surface area (Å²) in [5.74, 6) is -1.92. The third-order valence-electron chi connectivity index (χ3n) is 2.52. The first kappa shape index (κ1) is 15.7. The highest BCUT2D eigenvalue weighted by atomic mass is 35.5. The molecular weight excluding hydrogens is 317 g/mol. The molecule has 0 unspecified atom stereocenters. The van der Waals surface area contributed by atoms with Gasteiger partial charge in [-0.1, -0.05) is 23.7 Å². The number of hydrogen-bond acceptors (Lipinski definition) is 5. The van der Waals surface area contributed by atoms with Crippen molar-refractivity contribution in [3.8, 4) is 11.5 Å². The second kappa shape index (κ2) is 6.86. The van der Waals surface area contributed by atoms with Gasteiger partial charge in [0.2, 0.25) is 5.75 Å². The number of carbonyl (C=O) groups excluding carboxylic acids is 1. The van der Waals surface area contributed by atoms with E-state index in [0.717, 1.165) is 18.2 Å². The van der Waals surface area contributed by atoms with Crippen molar-refractivity contribution in [3.05, 3.63) is 63.4 Å². The Hall–Kier alpha value is -2.67. The fourth-order valence-electron chi connectivity index (χ4n) is 1.57. The minimum absolute atomic E-state index is 0.259. The summed E-state index contributed by atoms with van der Waals surface area (Å²) in [7, 11) is 0. The Morgan fingerprint density at radius 1 is 1.23 bits per heavy atom. The standard InChI is InChI=1S/C14H9ClFNO5/c15-10-3-1-2-4-12(10)21-8-14(18)22-13-7-9(16)5-6-11(13)17(19)20/h1-7H,8H2. The van der Waals surface area contributed by atoms with Gasteiger partial charge in [-0.15, -0.1) is 0 Å². The van der Waals surface area contributed by atoms with Crippen LogP contribution in [0.4, 0.5) is 10.1 Å². The molecule has 6 nitrogen and oxygen atoms in total. The lowest BCUT2D eigenvalue weighted by Crippen LogP contribution is -2.18. The highest BCUT2D eigenvalue weighted by Gasteiger charge is 2.19. The molecule has 22 heavy (non-hydrogen) atoms. The number of para-hydroxylation sites is 1. The molecule has 0 saturated heterocycles. The summed E-state index contributed by atoms with van der Waals surface area (Å²) in [6.45, 7) is -0.530. The smallest absolute Gasteiger partial charge is 0.349 e. The molecule has 0 aliphatic carbocycles. The molecule has 114 valence electrons. The number of hydrogen-bond donors (Lipinski definition) is 0. The SMILES string of the molecule is O=C(COc1ccccc1Cl)Oc1cc(F)ccc1[N+](=O)[O-]. The third kappa shape index (κ3) is 3.92. The van der Waals surface area contributed by atoms with Crippen molar-refractivity contribution in [1.82, 2.24) is 0 Å². The third-order valence-corrected chi connectivity index (χ3v) is 2.84. The molecule has 2 aromatic carbocycles. The quantitative estimate of drug-likeness (QED) is 0.364. The number of nitro groups is 1. The zero-order valence-corrected chi connectivity index (χ0v) is 11.7. The van der Waals surface area contributed by atoms with Crippen molar-refractivity contribution in [3.63, 3.8) is 0 Å². The maximum absolute atomic E-state index is 13.1.